The predicted molar refractivity (Wildman–Crippen MR) is 102 cm³/mol. The molecule has 1 aromatic rings. The highest BCUT2D eigenvalue weighted by Crippen LogP contribution is 2.35. The highest BCUT2D eigenvalue weighted by atomic mass is 35.5. The van der Waals surface area contributed by atoms with E-state index in [1.54, 1.807) is 17.0 Å². The number of benzene rings is 1. The third-order valence-electron chi connectivity index (χ3n) is 4.79. The molecule has 1 aromatic carbocycles. The average Bonchev–Trinajstić information content (AvgIpc) is 2.59. The molecule has 3 rings (SSSR count). The number of halogens is 2. The van der Waals surface area contributed by atoms with Gasteiger partial charge >= 0.3 is 6.09 Å². The number of amidine groups is 1. The first-order valence-electron chi connectivity index (χ1n) is 8.89. The molecule has 3 N–H and O–H groups in total. The minimum Gasteiger partial charge on any atom is -0.449 e. The van der Waals surface area contributed by atoms with Gasteiger partial charge in [0.05, 0.1) is 12.2 Å². The quantitative estimate of drug-likeness (QED) is 0.778. The van der Waals surface area contributed by atoms with Crippen molar-refractivity contribution in [3.63, 3.8) is 0 Å². The van der Waals surface area contributed by atoms with E-state index >= 15 is 0 Å². The number of nitrogens with one attached hydrogen (secondary N) is 1. The lowest BCUT2D eigenvalue weighted by molar-refractivity contribution is 0.0852. The summed E-state index contributed by atoms with van der Waals surface area (Å²) < 4.78 is 19.3. The van der Waals surface area contributed by atoms with Gasteiger partial charge in [-0.2, -0.15) is 0 Å². The van der Waals surface area contributed by atoms with Crippen molar-refractivity contribution in [2.24, 2.45) is 10.7 Å². The first-order valence-corrected chi connectivity index (χ1v) is 8.89. The Bertz CT molecular complexity index is 675. The van der Waals surface area contributed by atoms with Gasteiger partial charge in [-0.05, 0) is 18.6 Å². The van der Waals surface area contributed by atoms with Crippen LogP contribution in [0.4, 0.5) is 14.9 Å². The van der Waals surface area contributed by atoms with Crippen LogP contribution in [0.1, 0.15) is 44.6 Å². The van der Waals surface area contributed by atoms with Gasteiger partial charge in [0.2, 0.25) is 0 Å². The van der Waals surface area contributed by atoms with E-state index in [9.17, 15) is 9.18 Å². The third kappa shape index (κ3) is 4.20. The van der Waals surface area contributed by atoms with Gasteiger partial charge in [0, 0.05) is 31.6 Å². The number of rotatable bonds is 4. The van der Waals surface area contributed by atoms with Gasteiger partial charge in [0.25, 0.3) is 0 Å². The van der Waals surface area contributed by atoms with Crippen LogP contribution in [0.15, 0.2) is 23.2 Å². The molecule has 1 fully saturated rings. The fourth-order valence-electron chi connectivity index (χ4n) is 3.35. The maximum absolute atomic E-state index is 13.9. The maximum atomic E-state index is 13.9. The van der Waals surface area contributed by atoms with Crippen LogP contribution in [0.25, 0.3) is 0 Å². The molecule has 0 bridgehead atoms. The zero-order chi connectivity index (χ0) is 17.9. The van der Waals surface area contributed by atoms with Crippen molar-refractivity contribution < 1.29 is 13.9 Å². The molecule has 2 aliphatic rings. The van der Waals surface area contributed by atoms with Crippen molar-refractivity contribution in [2.75, 3.05) is 25.0 Å². The standard InChI is InChI=1S/C18H25FN4O2.ClH/c1-2-3-4-12-25-17(24)23-10-8-18(9-11-23)21-14-7-5-6-13(19)15(14)16(20)22-18;/h5-7,21H,2-4,8-12H2,1H3,(H2,20,22);1H. The number of ether oxygens (including phenoxy) is 1. The highest BCUT2D eigenvalue weighted by Gasteiger charge is 2.39. The zero-order valence-electron chi connectivity index (χ0n) is 15.0. The van der Waals surface area contributed by atoms with Gasteiger partial charge in [-0.1, -0.05) is 25.8 Å². The molecule has 1 saturated heterocycles. The number of unbranched alkanes of at least 4 members (excludes halogenated alkanes) is 2. The van der Waals surface area contributed by atoms with Gasteiger partial charge in [-0.25, -0.2) is 14.2 Å². The summed E-state index contributed by atoms with van der Waals surface area (Å²) in [5.74, 6) is -0.170. The number of aliphatic imine (C=N–C) groups is 1. The number of hydrogen-bond acceptors (Lipinski definition) is 5. The lowest BCUT2D eigenvalue weighted by Crippen LogP contribution is -2.52. The Labute approximate surface area is 159 Å². The largest absolute Gasteiger partial charge is 0.449 e. The normalized spacial score (nSPS) is 17.6. The van der Waals surface area contributed by atoms with Crippen molar-refractivity contribution in [3.8, 4) is 0 Å². The average molecular weight is 385 g/mol. The molecular formula is C18H26ClFN4O2. The molecule has 26 heavy (non-hydrogen) atoms. The summed E-state index contributed by atoms with van der Waals surface area (Å²) >= 11 is 0. The van der Waals surface area contributed by atoms with Crippen molar-refractivity contribution in [1.82, 2.24) is 4.90 Å². The third-order valence-corrected chi connectivity index (χ3v) is 4.79. The van der Waals surface area contributed by atoms with E-state index in [2.05, 4.69) is 17.2 Å². The molecule has 6 nitrogen and oxygen atoms in total. The van der Waals surface area contributed by atoms with E-state index in [1.165, 1.54) is 6.07 Å². The molecule has 8 heteroatoms. The van der Waals surface area contributed by atoms with Crippen LogP contribution in [0, 0.1) is 5.82 Å². The summed E-state index contributed by atoms with van der Waals surface area (Å²) in [6.45, 7) is 3.63. The lowest BCUT2D eigenvalue weighted by atomic mass is 9.94. The van der Waals surface area contributed by atoms with Crippen molar-refractivity contribution in [2.45, 2.75) is 44.7 Å². The first-order chi connectivity index (χ1) is 12.0. The Balaban J connectivity index is 0.00000243. The minimum atomic E-state index is -0.579. The van der Waals surface area contributed by atoms with Crippen LogP contribution in [0.2, 0.25) is 0 Å². The topological polar surface area (TPSA) is 80.0 Å². The Kier molecular flexibility index (Phi) is 6.69. The van der Waals surface area contributed by atoms with Gasteiger partial charge < -0.3 is 20.7 Å². The van der Waals surface area contributed by atoms with E-state index in [4.69, 9.17) is 10.5 Å². The summed E-state index contributed by atoms with van der Waals surface area (Å²) in [6, 6.07) is 4.82. The molecular weight excluding hydrogens is 359 g/mol. The van der Waals surface area contributed by atoms with Crippen LogP contribution in [0.5, 0.6) is 0 Å². The molecule has 0 atom stereocenters. The van der Waals surface area contributed by atoms with E-state index < -0.39 is 5.66 Å². The number of carbonyl (C=O) groups excluding carboxylic acids is 1. The molecule has 0 saturated carbocycles. The fraction of sp³-hybridized carbons (Fsp3) is 0.556. The van der Waals surface area contributed by atoms with Gasteiger partial charge in [0.15, 0.2) is 0 Å². The Morgan fingerprint density at radius 1 is 1.38 bits per heavy atom. The highest BCUT2D eigenvalue weighted by molar-refractivity contribution is 6.04. The fourth-order valence-corrected chi connectivity index (χ4v) is 3.35. The molecule has 1 spiro atoms. The van der Waals surface area contributed by atoms with Gasteiger partial charge in [0.1, 0.15) is 17.3 Å². The monoisotopic (exact) mass is 384 g/mol. The number of anilines is 1. The number of fused-ring (bicyclic) bond motifs is 1. The number of hydrogen-bond donors (Lipinski definition) is 2. The van der Waals surface area contributed by atoms with Crippen LogP contribution in [-0.2, 0) is 4.74 Å². The number of carbonyl (C=O) groups is 1. The van der Waals surface area contributed by atoms with Crippen molar-refractivity contribution >= 4 is 30.0 Å². The maximum Gasteiger partial charge on any atom is 0.409 e. The number of piperidine rings is 1. The summed E-state index contributed by atoms with van der Waals surface area (Å²) in [5, 5.41) is 3.32. The Hall–Kier alpha value is -2.02. The van der Waals surface area contributed by atoms with Crippen molar-refractivity contribution in [3.05, 3.63) is 29.6 Å². The Morgan fingerprint density at radius 3 is 2.81 bits per heavy atom. The SMILES string of the molecule is CCCCCOC(=O)N1CCC2(CC1)N=C(N)c1c(F)cccc1N2.Cl. The van der Waals surface area contributed by atoms with Crippen LogP contribution in [-0.4, -0.2) is 42.2 Å². The van der Waals surface area contributed by atoms with E-state index in [0.29, 0.717) is 43.8 Å². The molecule has 0 radical (unpaired) electrons. The van der Waals surface area contributed by atoms with Crippen LogP contribution < -0.4 is 11.1 Å². The predicted octanol–water partition coefficient (Wildman–Crippen LogP) is 3.50. The second kappa shape index (κ2) is 8.58. The van der Waals surface area contributed by atoms with Crippen LogP contribution >= 0.6 is 12.4 Å². The number of nitrogens with zero attached hydrogens (tertiary/aromatic N) is 2. The molecule has 1 amide bonds. The Morgan fingerprint density at radius 2 is 2.12 bits per heavy atom. The summed E-state index contributed by atoms with van der Waals surface area (Å²) in [7, 11) is 0. The number of likely N-dealkylation sites (tertiary alicyclic amines) is 1. The van der Waals surface area contributed by atoms with Crippen LogP contribution in [0.3, 0.4) is 0 Å². The minimum absolute atomic E-state index is 0. The molecule has 0 aliphatic carbocycles. The summed E-state index contributed by atoms with van der Waals surface area (Å²) in [5.41, 5.74) is 6.41. The summed E-state index contributed by atoms with van der Waals surface area (Å²) in [6.07, 6.45) is 3.98. The molecule has 0 unspecified atom stereocenters. The van der Waals surface area contributed by atoms with Gasteiger partial charge in [-0.15, -0.1) is 12.4 Å². The first kappa shape index (κ1) is 20.3. The molecule has 2 heterocycles. The van der Waals surface area contributed by atoms with Crippen molar-refractivity contribution in [1.29, 1.82) is 0 Å². The molecule has 0 aromatic heterocycles. The molecule has 144 valence electrons. The number of nitrogens with two attached hydrogens (primary N) is 1. The number of amides is 1. The van der Waals surface area contributed by atoms with Gasteiger partial charge in [-0.3, -0.25) is 0 Å². The van der Waals surface area contributed by atoms with E-state index in [-0.39, 0.29) is 30.2 Å². The lowest BCUT2D eigenvalue weighted by Gasteiger charge is -2.42. The summed E-state index contributed by atoms with van der Waals surface area (Å²) in [4.78, 5) is 18.3. The zero-order valence-corrected chi connectivity index (χ0v) is 15.8. The van der Waals surface area contributed by atoms with E-state index in [0.717, 1.165) is 19.3 Å². The molecule has 2 aliphatic heterocycles. The second-order valence-electron chi connectivity index (χ2n) is 6.62. The second-order valence-corrected chi connectivity index (χ2v) is 6.62. The van der Waals surface area contributed by atoms with E-state index in [1.807, 2.05) is 0 Å². The smallest absolute Gasteiger partial charge is 0.409 e.